The Morgan fingerprint density at radius 3 is 3.00 bits per heavy atom. The molecule has 3 rings (SSSR count). The van der Waals surface area contributed by atoms with E-state index in [1.54, 1.807) is 0 Å². The third-order valence-electron chi connectivity index (χ3n) is 5.09. The molecule has 1 saturated carbocycles. The first-order valence-corrected chi connectivity index (χ1v) is 8.05. The van der Waals surface area contributed by atoms with Gasteiger partial charge in [-0.25, -0.2) is 0 Å². The summed E-state index contributed by atoms with van der Waals surface area (Å²) in [5, 5.41) is 15.3. The Morgan fingerprint density at radius 2 is 2.25 bits per heavy atom. The van der Waals surface area contributed by atoms with Crippen LogP contribution in [0.3, 0.4) is 0 Å². The summed E-state index contributed by atoms with van der Waals surface area (Å²) in [6.07, 6.45) is 7.68. The van der Waals surface area contributed by atoms with Crippen molar-refractivity contribution in [3.63, 3.8) is 0 Å². The van der Waals surface area contributed by atoms with Crippen LogP contribution < -0.4 is 0 Å². The van der Waals surface area contributed by atoms with Crippen molar-refractivity contribution in [1.29, 1.82) is 0 Å². The Bertz CT molecular complexity index is 456. The normalized spacial score (nSPS) is 31.5. The third-order valence-corrected chi connectivity index (χ3v) is 5.09. The molecule has 0 bridgehead atoms. The molecule has 0 spiro atoms. The van der Waals surface area contributed by atoms with Gasteiger partial charge in [0, 0.05) is 37.8 Å². The van der Waals surface area contributed by atoms with E-state index >= 15 is 0 Å². The highest BCUT2D eigenvalue weighted by Crippen LogP contribution is 2.39. The van der Waals surface area contributed by atoms with Crippen LogP contribution in [0.4, 0.5) is 0 Å². The second-order valence-electron chi connectivity index (χ2n) is 6.91. The fraction of sp³-hybridized carbons (Fsp3) is 0.812. The van der Waals surface area contributed by atoms with Crippen molar-refractivity contribution in [2.24, 2.45) is 5.92 Å². The first-order chi connectivity index (χ1) is 9.57. The summed E-state index contributed by atoms with van der Waals surface area (Å²) in [7, 11) is 0. The fourth-order valence-electron chi connectivity index (χ4n) is 3.76. The summed E-state index contributed by atoms with van der Waals surface area (Å²) >= 11 is 0. The number of hydrogen-bond acceptors (Lipinski definition) is 3. The van der Waals surface area contributed by atoms with E-state index in [1.807, 2.05) is 4.68 Å². The van der Waals surface area contributed by atoms with E-state index in [4.69, 9.17) is 0 Å². The highest BCUT2D eigenvalue weighted by molar-refractivity contribution is 5.02. The van der Waals surface area contributed by atoms with Gasteiger partial charge in [-0.15, -0.1) is 0 Å². The fourth-order valence-corrected chi connectivity index (χ4v) is 3.76. The van der Waals surface area contributed by atoms with Gasteiger partial charge in [-0.1, -0.05) is 12.8 Å². The molecule has 1 aliphatic carbocycles. The molecule has 2 unspecified atom stereocenters. The molecule has 1 N–H and O–H groups in total. The summed E-state index contributed by atoms with van der Waals surface area (Å²) in [6.45, 7) is 7.26. The lowest BCUT2D eigenvalue weighted by atomic mass is 9.71. The zero-order valence-electron chi connectivity index (χ0n) is 12.8. The molecule has 1 aromatic heterocycles. The predicted octanol–water partition coefficient (Wildman–Crippen LogP) is 2.59. The van der Waals surface area contributed by atoms with Gasteiger partial charge >= 0.3 is 0 Å². The molecule has 20 heavy (non-hydrogen) atoms. The van der Waals surface area contributed by atoms with E-state index in [-0.39, 0.29) is 5.60 Å². The van der Waals surface area contributed by atoms with Crippen molar-refractivity contribution < 1.29 is 5.11 Å². The van der Waals surface area contributed by atoms with Crippen LogP contribution in [0, 0.1) is 5.92 Å². The Hall–Kier alpha value is -0.870. The van der Waals surface area contributed by atoms with Crippen LogP contribution in [0.1, 0.15) is 57.7 Å². The number of aliphatic hydroxyl groups is 1. The van der Waals surface area contributed by atoms with Crippen LogP contribution in [-0.2, 0) is 6.54 Å². The van der Waals surface area contributed by atoms with Gasteiger partial charge < -0.3 is 5.11 Å². The van der Waals surface area contributed by atoms with Crippen molar-refractivity contribution >= 4 is 0 Å². The van der Waals surface area contributed by atoms with Gasteiger partial charge in [-0.2, -0.15) is 5.10 Å². The van der Waals surface area contributed by atoms with Gasteiger partial charge in [0.05, 0.1) is 11.3 Å². The number of nitrogens with zero attached hydrogens (tertiary/aromatic N) is 3. The monoisotopic (exact) mass is 277 g/mol. The Morgan fingerprint density at radius 1 is 1.40 bits per heavy atom. The summed E-state index contributed by atoms with van der Waals surface area (Å²) in [5.41, 5.74) is 0.784. The number of fused-ring (bicyclic) bond motifs is 1. The molecule has 2 atom stereocenters. The molecular weight excluding hydrogens is 250 g/mol. The Kier molecular flexibility index (Phi) is 3.87. The van der Waals surface area contributed by atoms with Crippen LogP contribution in [0.25, 0.3) is 0 Å². The number of piperidine rings is 1. The molecule has 4 nitrogen and oxygen atoms in total. The summed E-state index contributed by atoms with van der Waals surface area (Å²) < 4.78 is 2.02. The van der Waals surface area contributed by atoms with Crippen LogP contribution in [-0.4, -0.2) is 38.5 Å². The first-order valence-electron chi connectivity index (χ1n) is 8.05. The smallest absolute Gasteiger partial charge is 0.0764 e. The second-order valence-corrected chi connectivity index (χ2v) is 6.91. The SMILES string of the molecule is CC(C)n1ccc(CN2CCC3(O)CCCCC3C2)n1. The molecule has 1 aliphatic heterocycles. The van der Waals surface area contributed by atoms with E-state index in [1.165, 1.54) is 19.3 Å². The van der Waals surface area contributed by atoms with Gasteiger partial charge in [0.15, 0.2) is 0 Å². The number of rotatable bonds is 3. The predicted molar refractivity (Wildman–Crippen MR) is 79.4 cm³/mol. The Balaban J connectivity index is 1.61. The maximum atomic E-state index is 10.7. The largest absolute Gasteiger partial charge is 0.390 e. The highest BCUT2D eigenvalue weighted by Gasteiger charge is 2.42. The number of hydrogen-bond donors (Lipinski definition) is 1. The van der Waals surface area contributed by atoms with Gasteiger partial charge in [0.2, 0.25) is 0 Å². The minimum atomic E-state index is -0.369. The van der Waals surface area contributed by atoms with E-state index in [0.29, 0.717) is 12.0 Å². The van der Waals surface area contributed by atoms with Crippen LogP contribution in [0.5, 0.6) is 0 Å². The highest BCUT2D eigenvalue weighted by atomic mass is 16.3. The van der Waals surface area contributed by atoms with Gasteiger partial charge in [-0.05, 0) is 39.2 Å². The topological polar surface area (TPSA) is 41.3 Å². The van der Waals surface area contributed by atoms with Crippen LogP contribution in [0.15, 0.2) is 12.3 Å². The minimum absolute atomic E-state index is 0.369. The van der Waals surface area contributed by atoms with Gasteiger partial charge in [0.25, 0.3) is 0 Å². The molecule has 112 valence electrons. The average molecular weight is 277 g/mol. The summed E-state index contributed by atoms with van der Waals surface area (Å²) in [6, 6.07) is 2.55. The molecule has 2 fully saturated rings. The zero-order valence-corrected chi connectivity index (χ0v) is 12.8. The number of aromatic nitrogens is 2. The number of likely N-dealkylation sites (tertiary alicyclic amines) is 1. The average Bonchev–Trinajstić information content (AvgIpc) is 2.88. The van der Waals surface area contributed by atoms with Crippen LogP contribution in [0.2, 0.25) is 0 Å². The lowest BCUT2D eigenvalue weighted by Gasteiger charge is -2.47. The molecule has 2 heterocycles. The summed E-state index contributed by atoms with van der Waals surface area (Å²) in [4.78, 5) is 2.47. The van der Waals surface area contributed by atoms with E-state index in [0.717, 1.165) is 38.2 Å². The van der Waals surface area contributed by atoms with E-state index in [9.17, 15) is 5.11 Å². The molecule has 4 heteroatoms. The van der Waals surface area contributed by atoms with Crippen molar-refractivity contribution in [3.8, 4) is 0 Å². The van der Waals surface area contributed by atoms with Crippen molar-refractivity contribution in [2.45, 2.75) is 64.1 Å². The minimum Gasteiger partial charge on any atom is -0.390 e. The van der Waals surface area contributed by atoms with Crippen molar-refractivity contribution in [1.82, 2.24) is 14.7 Å². The second kappa shape index (κ2) is 5.49. The molecule has 0 amide bonds. The molecule has 2 aliphatic rings. The van der Waals surface area contributed by atoms with Gasteiger partial charge in [-0.3, -0.25) is 9.58 Å². The lowest BCUT2D eigenvalue weighted by molar-refractivity contribution is -0.0969. The maximum absolute atomic E-state index is 10.7. The quantitative estimate of drug-likeness (QED) is 0.923. The standard InChI is InChI=1S/C16H27N3O/c1-13(2)19-9-6-15(17-19)12-18-10-8-16(20)7-4-3-5-14(16)11-18/h6,9,13-14,20H,3-5,7-8,10-12H2,1-2H3. The lowest BCUT2D eigenvalue weighted by Crippen LogP contribution is -2.52. The van der Waals surface area contributed by atoms with Crippen molar-refractivity contribution in [3.05, 3.63) is 18.0 Å². The van der Waals surface area contributed by atoms with E-state index < -0.39 is 0 Å². The molecule has 0 aromatic carbocycles. The van der Waals surface area contributed by atoms with Gasteiger partial charge in [0.1, 0.15) is 0 Å². The molecular formula is C16H27N3O. The van der Waals surface area contributed by atoms with Crippen LogP contribution >= 0.6 is 0 Å². The zero-order chi connectivity index (χ0) is 14.2. The van der Waals surface area contributed by atoms with E-state index in [2.05, 4.69) is 36.1 Å². The Labute approximate surface area is 121 Å². The van der Waals surface area contributed by atoms with Crippen molar-refractivity contribution in [2.75, 3.05) is 13.1 Å². The maximum Gasteiger partial charge on any atom is 0.0764 e. The summed E-state index contributed by atoms with van der Waals surface area (Å²) in [5.74, 6) is 0.470. The first kappa shape index (κ1) is 14.1. The molecule has 1 aromatic rings. The third kappa shape index (κ3) is 2.77. The molecule has 0 radical (unpaired) electrons. The molecule has 1 saturated heterocycles.